The average molecular weight is 194 g/mol. The third-order valence-electron chi connectivity index (χ3n) is 3.27. The largest absolute Gasteiger partial charge is 0.267 e. The van der Waals surface area contributed by atoms with Crippen LogP contribution in [0.3, 0.4) is 0 Å². The van der Waals surface area contributed by atoms with Crippen LogP contribution in [0.4, 0.5) is 0 Å². The summed E-state index contributed by atoms with van der Waals surface area (Å²) < 4.78 is 2.09. The molecule has 0 aromatic carbocycles. The normalized spacial score (nSPS) is 12.9. The summed E-state index contributed by atoms with van der Waals surface area (Å²) in [4.78, 5) is 0. The van der Waals surface area contributed by atoms with E-state index in [4.69, 9.17) is 0 Å². The molecule has 1 aromatic rings. The Labute approximate surface area is 87.3 Å². The maximum atomic E-state index is 4.45. The van der Waals surface area contributed by atoms with Crippen LogP contribution in [-0.2, 0) is 5.54 Å². The lowest BCUT2D eigenvalue weighted by Crippen LogP contribution is -2.32. The van der Waals surface area contributed by atoms with E-state index >= 15 is 0 Å². The average Bonchev–Trinajstić information content (AvgIpc) is 2.51. The van der Waals surface area contributed by atoms with Gasteiger partial charge in [-0.05, 0) is 31.2 Å². The van der Waals surface area contributed by atoms with Crippen molar-refractivity contribution in [3.8, 4) is 0 Å². The SMILES string of the molecule is CC(C)c1cnn(C(C)(C)C(C)C)c1. The molecule has 0 spiro atoms. The lowest BCUT2D eigenvalue weighted by atomic mass is 9.91. The van der Waals surface area contributed by atoms with Crippen LogP contribution in [0.2, 0.25) is 0 Å². The van der Waals surface area contributed by atoms with Gasteiger partial charge in [0.1, 0.15) is 0 Å². The van der Waals surface area contributed by atoms with Gasteiger partial charge in [-0.2, -0.15) is 5.10 Å². The second kappa shape index (κ2) is 3.76. The fourth-order valence-electron chi connectivity index (χ4n) is 1.21. The lowest BCUT2D eigenvalue weighted by Gasteiger charge is -2.29. The van der Waals surface area contributed by atoms with Gasteiger partial charge in [0.2, 0.25) is 0 Å². The molecule has 0 atom stereocenters. The third kappa shape index (κ3) is 1.99. The molecular weight excluding hydrogens is 172 g/mol. The first kappa shape index (κ1) is 11.3. The first-order chi connectivity index (χ1) is 6.35. The van der Waals surface area contributed by atoms with Crippen molar-refractivity contribution in [2.45, 2.75) is 53.0 Å². The molecule has 2 heteroatoms. The Bertz CT molecular complexity index is 295. The summed E-state index contributed by atoms with van der Waals surface area (Å²) >= 11 is 0. The van der Waals surface area contributed by atoms with Crippen molar-refractivity contribution >= 4 is 0 Å². The molecule has 1 heterocycles. The van der Waals surface area contributed by atoms with Gasteiger partial charge in [-0.1, -0.05) is 27.7 Å². The van der Waals surface area contributed by atoms with Crippen LogP contribution < -0.4 is 0 Å². The topological polar surface area (TPSA) is 17.8 Å². The molecule has 2 nitrogen and oxygen atoms in total. The molecule has 0 bridgehead atoms. The quantitative estimate of drug-likeness (QED) is 0.721. The molecule has 0 aliphatic carbocycles. The van der Waals surface area contributed by atoms with Gasteiger partial charge < -0.3 is 0 Å². The number of nitrogens with zero attached hydrogens (tertiary/aromatic N) is 2. The summed E-state index contributed by atoms with van der Waals surface area (Å²) in [5.74, 6) is 1.15. The van der Waals surface area contributed by atoms with Crippen molar-refractivity contribution in [2.24, 2.45) is 5.92 Å². The van der Waals surface area contributed by atoms with Crippen LogP contribution in [0, 0.1) is 5.92 Å². The second-order valence-electron chi connectivity index (χ2n) is 5.18. The molecule has 0 aliphatic heterocycles. The van der Waals surface area contributed by atoms with Crippen LogP contribution in [-0.4, -0.2) is 9.78 Å². The van der Waals surface area contributed by atoms with E-state index in [9.17, 15) is 0 Å². The van der Waals surface area contributed by atoms with Crippen molar-refractivity contribution in [1.29, 1.82) is 0 Å². The van der Waals surface area contributed by atoms with E-state index in [1.54, 1.807) is 0 Å². The van der Waals surface area contributed by atoms with Crippen LogP contribution in [0.5, 0.6) is 0 Å². The Morgan fingerprint density at radius 2 is 1.79 bits per heavy atom. The van der Waals surface area contributed by atoms with Gasteiger partial charge in [-0.25, -0.2) is 0 Å². The standard InChI is InChI=1S/C12H22N2/c1-9(2)11-7-13-14(8-11)12(5,6)10(3)4/h7-10H,1-6H3. The highest BCUT2D eigenvalue weighted by molar-refractivity contribution is 5.10. The van der Waals surface area contributed by atoms with E-state index in [0.717, 1.165) is 0 Å². The minimum atomic E-state index is 0.104. The zero-order valence-electron chi connectivity index (χ0n) is 10.2. The molecule has 0 saturated carbocycles. The summed E-state index contributed by atoms with van der Waals surface area (Å²) in [7, 11) is 0. The third-order valence-corrected chi connectivity index (χ3v) is 3.27. The van der Waals surface area contributed by atoms with E-state index in [-0.39, 0.29) is 5.54 Å². The van der Waals surface area contributed by atoms with Crippen LogP contribution in [0.25, 0.3) is 0 Å². The summed E-state index contributed by atoms with van der Waals surface area (Å²) in [5.41, 5.74) is 1.42. The molecule has 0 amide bonds. The Morgan fingerprint density at radius 3 is 2.14 bits per heavy atom. The van der Waals surface area contributed by atoms with Crippen molar-refractivity contribution in [1.82, 2.24) is 9.78 Å². The predicted molar refractivity (Wildman–Crippen MR) is 60.5 cm³/mol. The summed E-state index contributed by atoms with van der Waals surface area (Å²) in [5, 5.41) is 4.45. The first-order valence-electron chi connectivity index (χ1n) is 5.40. The summed E-state index contributed by atoms with van der Waals surface area (Å²) in [6.07, 6.45) is 4.15. The van der Waals surface area contributed by atoms with Crippen molar-refractivity contribution in [3.05, 3.63) is 18.0 Å². The van der Waals surface area contributed by atoms with Crippen molar-refractivity contribution in [2.75, 3.05) is 0 Å². The monoisotopic (exact) mass is 194 g/mol. The Balaban J connectivity index is 2.97. The zero-order valence-corrected chi connectivity index (χ0v) is 10.2. The number of hydrogen-bond acceptors (Lipinski definition) is 1. The van der Waals surface area contributed by atoms with E-state index in [1.165, 1.54) is 5.56 Å². The van der Waals surface area contributed by atoms with Gasteiger partial charge in [0.25, 0.3) is 0 Å². The lowest BCUT2D eigenvalue weighted by molar-refractivity contribution is 0.225. The Kier molecular flexibility index (Phi) is 3.03. The van der Waals surface area contributed by atoms with Crippen molar-refractivity contribution < 1.29 is 0 Å². The van der Waals surface area contributed by atoms with Gasteiger partial charge in [-0.3, -0.25) is 4.68 Å². The molecule has 1 aromatic heterocycles. The number of hydrogen-bond donors (Lipinski definition) is 0. The van der Waals surface area contributed by atoms with Crippen LogP contribution in [0.1, 0.15) is 53.0 Å². The van der Waals surface area contributed by atoms with E-state index in [0.29, 0.717) is 11.8 Å². The van der Waals surface area contributed by atoms with E-state index < -0.39 is 0 Å². The minimum Gasteiger partial charge on any atom is -0.267 e. The van der Waals surface area contributed by atoms with E-state index in [2.05, 4.69) is 57.5 Å². The molecule has 0 unspecified atom stereocenters. The zero-order chi connectivity index (χ0) is 10.9. The second-order valence-corrected chi connectivity index (χ2v) is 5.18. The molecule has 80 valence electrons. The maximum absolute atomic E-state index is 4.45. The molecule has 14 heavy (non-hydrogen) atoms. The smallest absolute Gasteiger partial charge is 0.0594 e. The van der Waals surface area contributed by atoms with E-state index in [1.807, 2.05) is 6.20 Å². The highest BCUT2D eigenvalue weighted by Gasteiger charge is 2.25. The van der Waals surface area contributed by atoms with Gasteiger partial charge in [0.05, 0.1) is 11.7 Å². The molecular formula is C12H22N2. The fraction of sp³-hybridized carbons (Fsp3) is 0.750. The molecule has 0 aliphatic rings. The fourth-order valence-corrected chi connectivity index (χ4v) is 1.21. The highest BCUT2D eigenvalue weighted by atomic mass is 15.3. The highest BCUT2D eigenvalue weighted by Crippen LogP contribution is 2.25. The van der Waals surface area contributed by atoms with Gasteiger partial charge >= 0.3 is 0 Å². The Morgan fingerprint density at radius 1 is 1.21 bits per heavy atom. The van der Waals surface area contributed by atoms with Gasteiger partial charge in [0.15, 0.2) is 0 Å². The molecule has 0 N–H and O–H groups in total. The van der Waals surface area contributed by atoms with Crippen LogP contribution in [0.15, 0.2) is 12.4 Å². The summed E-state index contributed by atoms with van der Waals surface area (Å²) in [6.45, 7) is 13.3. The number of rotatable bonds is 3. The first-order valence-corrected chi connectivity index (χ1v) is 5.40. The van der Waals surface area contributed by atoms with Crippen LogP contribution >= 0.6 is 0 Å². The Hall–Kier alpha value is -0.790. The maximum Gasteiger partial charge on any atom is 0.0594 e. The molecule has 0 radical (unpaired) electrons. The molecule has 0 saturated heterocycles. The van der Waals surface area contributed by atoms with Crippen molar-refractivity contribution in [3.63, 3.8) is 0 Å². The molecule has 0 fully saturated rings. The van der Waals surface area contributed by atoms with Gasteiger partial charge in [-0.15, -0.1) is 0 Å². The summed E-state index contributed by atoms with van der Waals surface area (Å²) in [6, 6.07) is 0. The minimum absolute atomic E-state index is 0.104. The van der Waals surface area contributed by atoms with Gasteiger partial charge in [0, 0.05) is 6.20 Å². The molecule has 1 rings (SSSR count). The number of aromatic nitrogens is 2. The predicted octanol–water partition coefficient (Wildman–Crippen LogP) is 3.40.